The zero-order valence-corrected chi connectivity index (χ0v) is 11.7. The van der Waals surface area contributed by atoms with E-state index in [1.807, 2.05) is 24.5 Å². The van der Waals surface area contributed by atoms with Crippen LogP contribution in [0.2, 0.25) is 0 Å². The third-order valence-electron chi connectivity index (χ3n) is 2.98. The summed E-state index contributed by atoms with van der Waals surface area (Å²) in [6.45, 7) is 0. The highest BCUT2D eigenvalue weighted by molar-refractivity contribution is 7.98. The fourth-order valence-electron chi connectivity index (χ4n) is 1.90. The second-order valence-corrected chi connectivity index (χ2v) is 5.06. The number of thioether (sulfide) groups is 1. The van der Waals surface area contributed by atoms with E-state index in [2.05, 4.69) is 0 Å². The second kappa shape index (κ2) is 6.36. The monoisotopic (exact) mass is 285 g/mol. The van der Waals surface area contributed by atoms with Crippen LogP contribution in [0.1, 0.15) is 21.8 Å². The first-order valence-electron chi connectivity index (χ1n) is 5.99. The zero-order chi connectivity index (χ0) is 14.5. The highest BCUT2D eigenvalue weighted by Gasteiger charge is 2.24. The molecular weight excluding hydrogens is 273 g/mol. The molecule has 100 valence electrons. The van der Waals surface area contributed by atoms with Crippen molar-refractivity contribution in [2.24, 2.45) is 0 Å². The van der Waals surface area contributed by atoms with Gasteiger partial charge < -0.3 is 0 Å². The van der Waals surface area contributed by atoms with Crippen molar-refractivity contribution in [1.82, 2.24) is 0 Å². The van der Waals surface area contributed by atoms with E-state index in [-0.39, 0.29) is 11.3 Å². The van der Waals surface area contributed by atoms with Gasteiger partial charge in [0.1, 0.15) is 11.7 Å². The van der Waals surface area contributed by atoms with Crippen LogP contribution in [-0.2, 0) is 0 Å². The molecule has 0 amide bonds. The molecule has 0 aliphatic rings. The van der Waals surface area contributed by atoms with Crippen molar-refractivity contribution in [3.05, 3.63) is 65.5 Å². The van der Waals surface area contributed by atoms with Gasteiger partial charge in [-0.15, -0.1) is 11.8 Å². The Hall–Kier alpha value is -2.12. The third-order valence-corrected chi connectivity index (χ3v) is 3.73. The first-order valence-corrected chi connectivity index (χ1v) is 7.22. The number of nitriles is 1. The second-order valence-electron chi connectivity index (χ2n) is 4.18. The molecule has 2 aromatic carbocycles. The Labute approximate surface area is 121 Å². The summed E-state index contributed by atoms with van der Waals surface area (Å²) in [7, 11) is 0. The number of nitrogens with zero attached hydrogens (tertiary/aromatic N) is 1. The van der Waals surface area contributed by atoms with Crippen molar-refractivity contribution in [1.29, 1.82) is 5.26 Å². The lowest BCUT2D eigenvalue weighted by Gasteiger charge is -2.10. The number of rotatable bonds is 4. The number of Topliss-reactive ketones (excluding diaryl/α,β-unsaturated/α-hetero) is 1. The summed E-state index contributed by atoms with van der Waals surface area (Å²) in [5.41, 5.74) is 0.534. The van der Waals surface area contributed by atoms with Crippen LogP contribution in [0.4, 0.5) is 4.39 Å². The average Bonchev–Trinajstić information content (AvgIpc) is 2.50. The summed E-state index contributed by atoms with van der Waals surface area (Å²) in [6, 6.07) is 14.7. The molecular formula is C16H12FNOS. The Morgan fingerprint density at radius 2 is 1.85 bits per heavy atom. The minimum atomic E-state index is -1.11. The number of hydrogen-bond acceptors (Lipinski definition) is 3. The van der Waals surface area contributed by atoms with Crippen molar-refractivity contribution in [3.63, 3.8) is 0 Å². The lowest BCUT2D eigenvalue weighted by Crippen LogP contribution is -2.12. The largest absolute Gasteiger partial charge is 0.292 e. The van der Waals surface area contributed by atoms with Crippen molar-refractivity contribution in [3.8, 4) is 6.07 Å². The highest BCUT2D eigenvalue weighted by Crippen LogP contribution is 2.24. The molecule has 1 unspecified atom stereocenters. The van der Waals surface area contributed by atoms with Gasteiger partial charge in [0, 0.05) is 16.0 Å². The lowest BCUT2D eigenvalue weighted by molar-refractivity contribution is 0.0977. The Morgan fingerprint density at radius 3 is 2.40 bits per heavy atom. The zero-order valence-electron chi connectivity index (χ0n) is 10.8. The Kier molecular flexibility index (Phi) is 4.54. The molecule has 0 N–H and O–H groups in total. The predicted octanol–water partition coefficient (Wildman–Crippen LogP) is 4.04. The molecule has 2 rings (SSSR count). The lowest BCUT2D eigenvalue weighted by atomic mass is 9.91. The van der Waals surface area contributed by atoms with E-state index in [0.717, 1.165) is 4.90 Å². The molecule has 0 aromatic heterocycles. The van der Waals surface area contributed by atoms with Crippen LogP contribution < -0.4 is 0 Å². The van der Waals surface area contributed by atoms with Gasteiger partial charge in [0.05, 0.1) is 6.07 Å². The van der Waals surface area contributed by atoms with Gasteiger partial charge in [-0.25, -0.2) is 4.39 Å². The van der Waals surface area contributed by atoms with Gasteiger partial charge in [-0.05, 0) is 24.5 Å². The van der Waals surface area contributed by atoms with E-state index in [1.54, 1.807) is 30.0 Å². The molecule has 20 heavy (non-hydrogen) atoms. The molecule has 2 aromatic rings. The van der Waals surface area contributed by atoms with Gasteiger partial charge >= 0.3 is 0 Å². The standard InChI is InChI=1S/C16H12FNOS/c1-20-12-8-6-11(7-9-12)16(19)14(10-18)13-4-2-3-5-15(13)17/h2-9,14H,1H3. The smallest absolute Gasteiger partial charge is 0.184 e. The van der Waals surface area contributed by atoms with E-state index in [0.29, 0.717) is 5.56 Å². The average molecular weight is 285 g/mol. The molecule has 0 radical (unpaired) electrons. The molecule has 0 saturated carbocycles. The van der Waals surface area contributed by atoms with Crippen molar-refractivity contribution >= 4 is 17.5 Å². The van der Waals surface area contributed by atoms with Gasteiger partial charge in [-0.2, -0.15) is 5.26 Å². The van der Waals surface area contributed by atoms with Crippen LogP contribution in [0, 0.1) is 17.1 Å². The van der Waals surface area contributed by atoms with Gasteiger partial charge in [0.25, 0.3) is 0 Å². The maximum absolute atomic E-state index is 13.7. The molecule has 0 aliphatic carbocycles. The van der Waals surface area contributed by atoms with E-state index < -0.39 is 11.7 Å². The Morgan fingerprint density at radius 1 is 1.20 bits per heavy atom. The quantitative estimate of drug-likeness (QED) is 0.629. The van der Waals surface area contributed by atoms with E-state index in [1.165, 1.54) is 18.2 Å². The molecule has 0 fully saturated rings. The van der Waals surface area contributed by atoms with Crippen LogP contribution >= 0.6 is 11.8 Å². The summed E-state index contributed by atoms with van der Waals surface area (Å²) < 4.78 is 13.7. The highest BCUT2D eigenvalue weighted by atomic mass is 32.2. The van der Waals surface area contributed by atoms with Crippen LogP contribution in [-0.4, -0.2) is 12.0 Å². The SMILES string of the molecule is CSc1ccc(C(=O)C(C#N)c2ccccc2F)cc1. The van der Waals surface area contributed by atoms with Crippen LogP contribution in [0.15, 0.2) is 53.4 Å². The molecule has 4 heteroatoms. The summed E-state index contributed by atoms with van der Waals surface area (Å²) in [4.78, 5) is 13.4. The first kappa shape index (κ1) is 14.3. The summed E-state index contributed by atoms with van der Waals surface area (Å²) in [5, 5.41) is 9.19. The third kappa shape index (κ3) is 2.89. The summed E-state index contributed by atoms with van der Waals surface area (Å²) in [6.07, 6.45) is 1.94. The Bertz CT molecular complexity index is 661. The number of carbonyl (C=O) groups excluding carboxylic acids is 1. The minimum Gasteiger partial charge on any atom is -0.292 e. The number of hydrogen-bond donors (Lipinski definition) is 0. The number of benzene rings is 2. The van der Waals surface area contributed by atoms with Crippen LogP contribution in [0.5, 0.6) is 0 Å². The predicted molar refractivity (Wildman–Crippen MR) is 77.3 cm³/mol. The molecule has 1 atom stereocenters. The van der Waals surface area contributed by atoms with Gasteiger partial charge in [-0.1, -0.05) is 30.3 Å². The van der Waals surface area contributed by atoms with Gasteiger partial charge in [0.2, 0.25) is 0 Å². The van der Waals surface area contributed by atoms with E-state index >= 15 is 0 Å². The maximum atomic E-state index is 13.7. The van der Waals surface area contributed by atoms with E-state index in [4.69, 9.17) is 0 Å². The van der Waals surface area contributed by atoms with Crippen LogP contribution in [0.25, 0.3) is 0 Å². The minimum absolute atomic E-state index is 0.119. The first-order chi connectivity index (χ1) is 9.67. The molecule has 0 heterocycles. The fraction of sp³-hybridized carbons (Fsp3) is 0.125. The Balaban J connectivity index is 2.35. The fourth-order valence-corrected chi connectivity index (χ4v) is 2.31. The van der Waals surface area contributed by atoms with Gasteiger partial charge in [0.15, 0.2) is 5.78 Å². The van der Waals surface area contributed by atoms with Crippen LogP contribution in [0.3, 0.4) is 0 Å². The van der Waals surface area contributed by atoms with Crippen molar-refractivity contribution < 1.29 is 9.18 Å². The molecule has 0 aliphatic heterocycles. The normalized spacial score (nSPS) is 11.7. The van der Waals surface area contributed by atoms with Gasteiger partial charge in [-0.3, -0.25) is 4.79 Å². The van der Waals surface area contributed by atoms with Crippen molar-refractivity contribution in [2.75, 3.05) is 6.26 Å². The maximum Gasteiger partial charge on any atom is 0.184 e. The molecule has 0 spiro atoms. The molecule has 0 bridgehead atoms. The van der Waals surface area contributed by atoms with Crippen molar-refractivity contribution in [2.45, 2.75) is 10.8 Å². The molecule has 0 saturated heterocycles. The number of ketones is 1. The van der Waals surface area contributed by atoms with E-state index in [9.17, 15) is 14.4 Å². The molecule has 2 nitrogen and oxygen atoms in total. The topological polar surface area (TPSA) is 40.9 Å². The summed E-state index contributed by atoms with van der Waals surface area (Å²) in [5.74, 6) is -2.03. The number of carbonyl (C=O) groups is 1. The summed E-state index contributed by atoms with van der Waals surface area (Å²) >= 11 is 1.57. The number of halogens is 1.